The van der Waals surface area contributed by atoms with Gasteiger partial charge in [-0.25, -0.2) is 4.99 Å². The molecule has 2 aromatic rings. The lowest BCUT2D eigenvalue weighted by Crippen LogP contribution is -1.80. The first-order valence-electron chi connectivity index (χ1n) is 4.46. The maximum absolute atomic E-state index is 10.5. The van der Waals surface area contributed by atoms with E-state index in [4.69, 9.17) is 5.26 Å². The van der Waals surface area contributed by atoms with Crippen LogP contribution in [0.25, 0.3) is 0 Å². The van der Waals surface area contributed by atoms with E-state index in [1.807, 2.05) is 6.07 Å². The van der Waals surface area contributed by atoms with Crippen LogP contribution in [0.4, 0.5) is 10.0 Å². The summed E-state index contributed by atoms with van der Waals surface area (Å²) < 4.78 is 0. The van der Waals surface area contributed by atoms with Crippen LogP contribution in [0.15, 0.2) is 28.6 Å². The second kappa shape index (κ2) is 4.86. The molecule has 2 rings (SSSR count). The summed E-state index contributed by atoms with van der Waals surface area (Å²) in [6.45, 7) is 0. The molecule has 5 nitrogen and oxygen atoms in total. The molecular weight excluding hydrogens is 258 g/mol. The fraction of sp³-hybridized carbons (Fsp3) is 0. The van der Waals surface area contributed by atoms with E-state index in [0.717, 1.165) is 11.3 Å². The number of aliphatic imine (C=N–C) groups is 1. The smallest absolute Gasteiger partial charge is 0.258 e. The van der Waals surface area contributed by atoms with Gasteiger partial charge >= 0.3 is 5.00 Å². The molecule has 84 valence electrons. The molecule has 2 aromatic heterocycles. The van der Waals surface area contributed by atoms with Crippen LogP contribution in [0.3, 0.4) is 0 Å². The van der Waals surface area contributed by atoms with Gasteiger partial charge in [-0.15, -0.1) is 11.3 Å². The Morgan fingerprint density at radius 2 is 2.29 bits per heavy atom. The van der Waals surface area contributed by atoms with E-state index < -0.39 is 4.92 Å². The van der Waals surface area contributed by atoms with Crippen molar-refractivity contribution in [2.75, 3.05) is 0 Å². The van der Waals surface area contributed by atoms with Gasteiger partial charge in [0.15, 0.2) is 0 Å². The van der Waals surface area contributed by atoms with Gasteiger partial charge in [-0.2, -0.15) is 5.26 Å². The highest BCUT2D eigenvalue weighted by Crippen LogP contribution is 2.27. The number of nitro groups is 1. The SMILES string of the molecule is N#Cc1ccsc1/N=C/c1ccc([N+](=O)[O-])s1. The normalized spacial score (nSPS) is 10.5. The molecule has 0 atom stereocenters. The fourth-order valence-electron chi connectivity index (χ4n) is 1.12. The van der Waals surface area contributed by atoms with Crippen molar-refractivity contribution in [3.63, 3.8) is 0 Å². The summed E-state index contributed by atoms with van der Waals surface area (Å²) in [4.78, 5) is 14.9. The summed E-state index contributed by atoms with van der Waals surface area (Å²) in [7, 11) is 0. The predicted molar refractivity (Wildman–Crippen MR) is 67.3 cm³/mol. The second-order valence-corrected chi connectivity index (χ2v) is 4.93. The lowest BCUT2D eigenvalue weighted by molar-refractivity contribution is -0.380. The quantitative estimate of drug-likeness (QED) is 0.484. The standard InChI is InChI=1S/C10H5N3O2S2/c11-5-7-3-4-16-10(7)12-6-8-1-2-9(17-8)13(14)15/h1-4,6H/b12-6+. The van der Waals surface area contributed by atoms with Crippen LogP contribution in [-0.4, -0.2) is 11.1 Å². The molecule has 0 saturated heterocycles. The third kappa shape index (κ3) is 2.55. The highest BCUT2D eigenvalue weighted by atomic mass is 32.1. The van der Waals surface area contributed by atoms with Crippen LogP contribution in [-0.2, 0) is 0 Å². The Kier molecular flexibility index (Phi) is 3.27. The number of hydrogen-bond donors (Lipinski definition) is 0. The summed E-state index contributed by atoms with van der Waals surface area (Å²) in [5.41, 5.74) is 0.511. The number of hydrogen-bond acceptors (Lipinski definition) is 6. The van der Waals surface area contributed by atoms with Gasteiger partial charge in [0.1, 0.15) is 11.1 Å². The summed E-state index contributed by atoms with van der Waals surface area (Å²) in [5, 5.41) is 21.7. The topological polar surface area (TPSA) is 79.3 Å². The first-order valence-corrected chi connectivity index (χ1v) is 6.16. The molecule has 0 N–H and O–H groups in total. The lowest BCUT2D eigenvalue weighted by Gasteiger charge is -1.86. The minimum Gasteiger partial charge on any atom is -0.258 e. The molecule has 0 aliphatic heterocycles. The molecule has 0 aromatic carbocycles. The number of rotatable bonds is 3. The van der Waals surface area contributed by atoms with Crippen molar-refractivity contribution in [2.45, 2.75) is 0 Å². The molecule has 0 spiro atoms. The largest absolute Gasteiger partial charge is 0.324 e. The van der Waals surface area contributed by atoms with E-state index in [1.54, 1.807) is 17.5 Å². The van der Waals surface area contributed by atoms with Gasteiger partial charge in [0, 0.05) is 12.3 Å². The molecule has 7 heteroatoms. The zero-order valence-corrected chi connectivity index (χ0v) is 9.99. The molecule has 2 heterocycles. The van der Waals surface area contributed by atoms with Gasteiger partial charge in [-0.3, -0.25) is 10.1 Å². The summed E-state index contributed by atoms with van der Waals surface area (Å²) >= 11 is 2.41. The number of nitriles is 1. The minimum absolute atomic E-state index is 0.0816. The summed E-state index contributed by atoms with van der Waals surface area (Å²) in [5.74, 6) is 0. The molecule has 0 aliphatic rings. The van der Waals surface area contributed by atoms with Crippen LogP contribution in [0.5, 0.6) is 0 Å². The van der Waals surface area contributed by atoms with Gasteiger partial charge in [-0.1, -0.05) is 11.3 Å². The predicted octanol–water partition coefficient (Wildman–Crippen LogP) is 3.34. The van der Waals surface area contributed by atoms with Gasteiger partial charge in [-0.05, 0) is 17.5 Å². The van der Waals surface area contributed by atoms with E-state index >= 15 is 0 Å². The molecule has 17 heavy (non-hydrogen) atoms. The van der Waals surface area contributed by atoms with Crippen molar-refractivity contribution in [3.8, 4) is 6.07 Å². The molecule has 0 bridgehead atoms. The van der Waals surface area contributed by atoms with Crippen molar-refractivity contribution >= 4 is 38.9 Å². The highest BCUT2D eigenvalue weighted by molar-refractivity contribution is 7.17. The monoisotopic (exact) mass is 263 g/mol. The summed E-state index contributed by atoms with van der Waals surface area (Å²) in [6, 6.07) is 6.78. The Morgan fingerprint density at radius 3 is 2.94 bits per heavy atom. The van der Waals surface area contributed by atoms with Crippen molar-refractivity contribution in [3.05, 3.63) is 44.1 Å². The van der Waals surface area contributed by atoms with Crippen LogP contribution in [0, 0.1) is 21.4 Å². The Labute approximate surface area is 104 Å². The van der Waals surface area contributed by atoms with Crippen LogP contribution >= 0.6 is 22.7 Å². The molecular formula is C10H5N3O2S2. The third-order valence-corrected chi connectivity index (χ3v) is 3.66. The molecule has 0 fully saturated rings. The Bertz CT molecular complexity index is 622. The Hall–Kier alpha value is -2.04. The zero-order valence-electron chi connectivity index (χ0n) is 8.36. The van der Waals surface area contributed by atoms with E-state index in [0.29, 0.717) is 15.4 Å². The van der Waals surface area contributed by atoms with Crippen molar-refractivity contribution in [1.29, 1.82) is 5.26 Å². The maximum Gasteiger partial charge on any atom is 0.324 e. The molecule has 0 saturated carbocycles. The van der Waals surface area contributed by atoms with Crippen molar-refractivity contribution in [2.24, 2.45) is 4.99 Å². The lowest BCUT2D eigenvalue weighted by atomic mass is 10.3. The Morgan fingerprint density at radius 1 is 1.47 bits per heavy atom. The van der Waals surface area contributed by atoms with E-state index in [1.165, 1.54) is 23.6 Å². The first-order chi connectivity index (χ1) is 8.20. The average Bonchev–Trinajstić information content (AvgIpc) is 2.95. The maximum atomic E-state index is 10.5. The highest BCUT2D eigenvalue weighted by Gasteiger charge is 2.08. The second-order valence-electron chi connectivity index (χ2n) is 2.94. The van der Waals surface area contributed by atoms with E-state index in [-0.39, 0.29) is 5.00 Å². The van der Waals surface area contributed by atoms with Crippen LogP contribution in [0.1, 0.15) is 10.4 Å². The number of nitrogens with zero attached hydrogens (tertiary/aromatic N) is 3. The number of thiophene rings is 2. The fourth-order valence-corrected chi connectivity index (χ4v) is 2.50. The third-order valence-electron chi connectivity index (χ3n) is 1.87. The average molecular weight is 263 g/mol. The molecule has 0 unspecified atom stereocenters. The van der Waals surface area contributed by atoms with Gasteiger partial charge in [0.05, 0.1) is 15.4 Å². The van der Waals surface area contributed by atoms with Crippen LogP contribution < -0.4 is 0 Å². The molecule has 0 amide bonds. The van der Waals surface area contributed by atoms with Gasteiger partial charge in [0.25, 0.3) is 0 Å². The Balaban J connectivity index is 2.21. The van der Waals surface area contributed by atoms with Crippen LogP contribution in [0.2, 0.25) is 0 Å². The first kappa shape index (κ1) is 11.4. The van der Waals surface area contributed by atoms with E-state index in [9.17, 15) is 10.1 Å². The van der Waals surface area contributed by atoms with E-state index in [2.05, 4.69) is 4.99 Å². The zero-order chi connectivity index (χ0) is 12.3. The summed E-state index contributed by atoms with van der Waals surface area (Å²) in [6.07, 6.45) is 1.53. The van der Waals surface area contributed by atoms with Crippen molar-refractivity contribution in [1.82, 2.24) is 0 Å². The molecule has 0 aliphatic carbocycles. The van der Waals surface area contributed by atoms with Crippen molar-refractivity contribution < 1.29 is 4.92 Å². The van der Waals surface area contributed by atoms with Gasteiger partial charge < -0.3 is 0 Å². The molecule has 0 radical (unpaired) electrons. The minimum atomic E-state index is -0.437. The van der Waals surface area contributed by atoms with Gasteiger partial charge in [0.2, 0.25) is 0 Å².